The molecule has 0 aromatic heterocycles. The van der Waals surface area contributed by atoms with Crippen LogP contribution in [0.2, 0.25) is 0 Å². The van der Waals surface area contributed by atoms with Gasteiger partial charge in [0.2, 0.25) is 0 Å². The number of carboxylic acid groups (broad SMARTS) is 1. The Morgan fingerprint density at radius 2 is 1.94 bits per heavy atom. The number of rotatable bonds is 1. The zero-order valence-corrected chi connectivity index (χ0v) is 9.88. The van der Waals surface area contributed by atoms with Crippen LogP contribution in [0.5, 0.6) is 0 Å². The standard InChI is InChI=1S/C10H16FNO5/c1-10(2,3)17-9(16)12-4-5(11)7(13)6(12)8(14)15/h5-7,13H,4H2,1-3H3,(H,14,15). The molecule has 98 valence electrons. The number of halogens is 1. The molecule has 0 spiro atoms. The Hall–Kier alpha value is -1.37. The average Bonchev–Trinajstić information content (AvgIpc) is 2.40. The van der Waals surface area contributed by atoms with E-state index < -0.39 is 42.5 Å². The van der Waals surface area contributed by atoms with Gasteiger partial charge in [0.25, 0.3) is 0 Å². The van der Waals surface area contributed by atoms with Gasteiger partial charge in [-0.15, -0.1) is 0 Å². The number of hydrogen-bond donors (Lipinski definition) is 2. The van der Waals surface area contributed by atoms with E-state index in [9.17, 15) is 19.1 Å². The molecule has 0 aliphatic carbocycles. The van der Waals surface area contributed by atoms with Gasteiger partial charge in [0.1, 0.15) is 17.9 Å². The maximum atomic E-state index is 13.2. The zero-order chi connectivity index (χ0) is 13.4. The van der Waals surface area contributed by atoms with Crippen LogP contribution in [0.4, 0.5) is 9.18 Å². The zero-order valence-electron chi connectivity index (χ0n) is 9.88. The number of hydrogen-bond acceptors (Lipinski definition) is 4. The number of aliphatic hydroxyl groups excluding tert-OH is 1. The Morgan fingerprint density at radius 3 is 2.35 bits per heavy atom. The highest BCUT2D eigenvalue weighted by molar-refractivity contribution is 5.81. The van der Waals surface area contributed by atoms with Crippen LogP contribution >= 0.6 is 0 Å². The lowest BCUT2D eigenvalue weighted by atomic mass is 10.1. The van der Waals surface area contributed by atoms with E-state index in [1.165, 1.54) is 0 Å². The van der Waals surface area contributed by atoms with Crippen LogP contribution in [-0.4, -0.2) is 57.6 Å². The Balaban J connectivity index is 2.82. The summed E-state index contributed by atoms with van der Waals surface area (Å²) in [4.78, 5) is 23.2. The second-order valence-corrected chi connectivity index (χ2v) is 4.92. The highest BCUT2D eigenvalue weighted by Crippen LogP contribution is 2.23. The molecule has 1 aliphatic heterocycles. The summed E-state index contributed by atoms with van der Waals surface area (Å²) < 4.78 is 18.2. The molecule has 1 heterocycles. The van der Waals surface area contributed by atoms with Crippen molar-refractivity contribution in [3.63, 3.8) is 0 Å². The first-order valence-corrected chi connectivity index (χ1v) is 5.18. The number of alkyl halides is 1. The molecule has 0 radical (unpaired) electrons. The first-order chi connectivity index (χ1) is 7.63. The molecular weight excluding hydrogens is 233 g/mol. The van der Waals surface area contributed by atoms with Crippen molar-refractivity contribution < 1.29 is 28.9 Å². The fourth-order valence-corrected chi connectivity index (χ4v) is 1.58. The number of aliphatic carboxylic acids is 1. The lowest BCUT2D eigenvalue weighted by molar-refractivity contribution is -0.145. The van der Waals surface area contributed by atoms with Crippen LogP contribution in [0.3, 0.4) is 0 Å². The van der Waals surface area contributed by atoms with E-state index in [1.54, 1.807) is 20.8 Å². The van der Waals surface area contributed by atoms with Gasteiger partial charge in [-0.25, -0.2) is 14.0 Å². The number of amides is 1. The number of nitrogens with zero attached hydrogens (tertiary/aromatic N) is 1. The molecule has 0 saturated carbocycles. The largest absolute Gasteiger partial charge is 0.480 e. The second-order valence-electron chi connectivity index (χ2n) is 4.92. The molecule has 1 saturated heterocycles. The molecule has 1 fully saturated rings. The van der Waals surface area contributed by atoms with Gasteiger partial charge in [0.05, 0.1) is 6.54 Å². The van der Waals surface area contributed by atoms with Crippen molar-refractivity contribution in [2.45, 2.75) is 44.7 Å². The van der Waals surface area contributed by atoms with Crippen molar-refractivity contribution in [1.82, 2.24) is 4.90 Å². The maximum Gasteiger partial charge on any atom is 0.411 e. The van der Waals surface area contributed by atoms with Gasteiger partial charge in [-0.2, -0.15) is 0 Å². The summed E-state index contributed by atoms with van der Waals surface area (Å²) in [6, 6.07) is -1.60. The van der Waals surface area contributed by atoms with E-state index in [0.29, 0.717) is 4.90 Å². The molecule has 1 amide bonds. The molecule has 1 aliphatic rings. The topological polar surface area (TPSA) is 87.1 Å². The summed E-state index contributed by atoms with van der Waals surface area (Å²) in [6.07, 6.45) is -4.44. The van der Waals surface area contributed by atoms with Gasteiger partial charge in [-0.3, -0.25) is 4.90 Å². The molecular formula is C10H16FNO5. The number of carbonyl (C=O) groups is 2. The minimum atomic E-state index is -1.77. The van der Waals surface area contributed by atoms with Crippen molar-refractivity contribution in [3.8, 4) is 0 Å². The third-order valence-corrected chi connectivity index (χ3v) is 2.28. The van der Waals surface area contributed by atoms with Crippen molar-refractivity contribution in [3.05, 3.63) is 0 Å². The summed E-state index contributed by atoms with van der Waals surface area (Å²) in [5.74, 6) is -1.46. The third-order valence-electron chi connectivity index (χ3n) is 2.28. The van der Waals surface area contributed by atoms with Crippen LogP contribution in [0, 0.1) is 0 Å². The highest BCUT2D eigenvalue weighted by atomic mass is 19.1. The predicted molar refractivity (Wildman–Crippen MR) is 55.3 cm³/mol. The van der Waals surface area contributed by atoms with Gasteiger partial charge < -0.3 is 14.9 Å². The SMILES string of the molecule is CC(C)(C)OC(=O)N1CC(F)C(O)C1C(=O)O. The third kappa shape index (κ3) is 3.06. The Bertz CT molecular complexity index is 327. The second kappa shape index (κ2) is 4.48. The summed E-state index contributed by atoms with van der Waals surface area (Å²) in [7, 11) is 0. The summed E-state index contributed by atoms with van der Waals surface area (Å²) >= 11 is 0. The van der Waals surface area contributed by atoms with Gasteiger partial charge in [-0.1, -0.05) is 0 Å². The van der Waals surface area contributed by atoms with Crippen LogP contribution in [0.1, 0.15) is 20.8 Å². The maximum absolute atomic E-state index is 13.2. The summed E-state index contributed by atoms with van der Waals surface area (Å²) in [5.41, 5.74) is -0.806. The van der Waals surface area contributed by atoms with E-state index in [-0.39, 0.29) is 0 Å². The Kier molecular flexibility index (Phi) is 3.61. The quantitative estimate of drug-likeness (QED) is 0.702. The van der Waals surface area contributed by atoms with Crippen molar-refractivity contribution in [1.29, 1.82) is 0 Å². The van der Waals surface area contributed by atoms with Gasteiger partial charge >= 0.3 is 12.1 Å². The Labute approximate surface area is 98.0 Å². The number of ether oxygens (including phenoxy) is 1. The van der Waals surface area contributed by atoms with Gasteiger partial charge in [-0.05, 0) is 20.8 Å². The van der Waals surface area contributed by atoms with Crippen molar-refractivity contribution >= 4 is 12.1 Å². The van der Waals surface area contributed by atoms with E-state index in [1.807, 2.05) is 0 Å². The minimum Gasteiger partial charge on any atom is -0.480 e. The molecule has 0 bridgehead atoms. The number of carbonyl (C=O) groups excluding carboxylic acids is 1. The lowest BCUT2D eigenvalue weighted by Gasteiger charge is -2.26. The predicted octanol–water partition coefficient (Wildman–Crippen LogP) is 0.389. The normalized spacial score (nSPS) is 29.2. The van der Waals surface area contributed by atoms with E-state index >= 15 is 0 Å². The van der Waals surface area contributed by atoms with E-state index in [2.05, 4.69) is 0 Å². The molecule has 0 aromatic carbocycles. The Morgan fingerprint density at radius 1 is 1.41 bits per heavy atom. The fraction of sp³-hybridized carbons (Fsp3) is 0.800. The number of likely N-dealkylation sites (tertiary alicyclic amines) is 1. The molecule has 1 rings (SSSR count). The number of carboxylic acids is 1. The lowest BCUT2D eigenvalue weighted by Crippen LogP contribution is -2.47. The molecule has 7 heteroatoms. The first kappa shape index (κ1) is 13.7. The van der Waals surface area contributed by atoms with Gasteiger partial charge in [0.15, 0.2) is 6.04 Å². The highest BCUT2D eigenvalue weighted by Gasteiger charge is 2.49. The summed E-state index contributed by atoms with van der Waals surface area (Å²) in [6.45, 7) is 4.35. The van der Waals surface area contributed by atoms with E-state index in [4.69, 9.17) is 9.84 Å². The van der Waals surface area contributed by atoms with Gasteiger partial charge in [0, 0.05) is 0 Å². The first-order valence-electron chi connectivity index (χ1n) is 5.18. The molecule has 0 aromatic rings. The van der Waals surface area contributed by atoms with Crippen molar-refractivity contribution in [2.75, 3.05) is 6.54 Å². The molecule has 3 atom stereocenters. The molecule has 2 N–H and O–H groups in total. The number of aliphatic hydroxyl groups is 1. The molecule has 6 nitrogen and oxygen atoms in total. The van der Waals surface area contributed by atoms with Crippen molar-refractivity contribution in [2.24, 2.45) is 0 Å². The van der Waals surface area contributed by atoms with E-state index in [0.717, 1.165) is 0 Å². The van der Waals surface area contributed by atoms with Crippen LogP contribution in [0.25, 0.3) is 0 Å². The average molecular weight is 249 g/mol. The monoisotopic (exact) mass is 249 g/mol. The molecule has 17 heavy (non-hydrogen) atoms. The minimum absolute atomic E-state index is 0.479. The summed E-state index contributed by atoms with van der Waals surface area (Å²) in [5, 5.41) is 18.2. The van der Waals surface area contributed by atoms with Crippen LogP contribution in [-0.2, 0) is 9.53 Å². The fourth-order valence-electron chi connectivity index (χ4n) is 1.58. The molecule has 3 unspecified atom stereocenters. The smallest absolute Gasteiger partial charge is 0.411 e. The van der Waals surface area contributed by atoms with Crippen LogP contribution < -0.4 is 0 Å². The van der Waals surface area contributed by atoms with Crippen LogP contribution in [0.15, 0.2) is 0 Å².